The summed E-state index contributed by atoms with van der Waals surface area (Å²) >= 11 is 1.44. The number of hydrogen-bond donors (Lipinski definition) is 2. The topological polar surface area (TPSA) is 77.2 Å². The van der Waals surface area contributed by atoms with Gasteiger partial charge in [0.25, 0.3) is 0 Å². The van der Waals surface area contributed by atoms with Crippen LogP contribution in [0.5, 0.6) is 0 Å². The molecular weight excluding hydrogens is 322 g/mol. The average molecular weight is 337 g/mol. The number of aromatic nitrogens is 1. The first-order chi connectivity index (χ1) is 11.7. The number of hydrogen-bond acceptors (Lipinski definition) is 5. The summed E-state index contributed by atoms with van der Waals surface area (Å²) in [4.78, 5) is 15.8. The normalized spacial score (nSPS) is 10.0. The maximum Gasteiger partial charge on any atom is 0.408 e. The molecule has 0 aliphatic carbocycles. The third kappa shape index (κ3) is 4.24. The predicted octanol–water partition coefficient (Wildman–Crippen LogP) is 3.16. The van der Waals surface area contributed by atoms with Gasteiger partial charge < -0.3 is 15.8 Å². The number of carbonyl (C=O) groups excluding carboxylic acids is 1. The molecule has 0 saturated heterocycles. The van der Waals surface area contributed by atoms with Crippen LogP contribution < -0.4 is 11.1 Å². The molecular formula is C18H15N3O2S. The SMILES string of the molecule is Nc1nc2cc(C#CCNC(=O)OCc3ccccc3)ccc2s1. The van der Waals surface area contributed by atoms with Crippen molar-refractivity contribution in [2.75, 3.05) is 12.3 Å². The molecule has 1 amide bonds. The Hall–Kier alpha value is -3.04. The highest BCUT2D eigenvalue weighted by Gasteiger charge is 2.01. The summed E-state index contributed by atoms with van der Waals surface area (Å²) in [6.45, 7) is 0.451. The van der Waals surface area contributed by atoms with Crippen LogP contribution in [-0.4, -0.2) is 17.6 Å². The molecule has 0 atom stereocenters. The molecule has 0 aliphatic heterocycles. The predicted molar refractivity (Wildman–Crippen MR) is 95.5 cm³/mol. The van der Waals surface area contributed by atoms with Crippen LogP contribution in [0.1, 0.15) is 11.1 Å². The van der Waals surface area contributed by atoms with E-state index in [1.807, 2.05) is 48.5 Å². The molecule has 5 nitrogen and oxygen atoms in total. The molecule has 0 fully saturated rings. The lowest BCUT2D eigenvalue weighted by Gasteiger charge is -2.04. The van der Waals surface area contributed by atoms with Crippen molar-refractivity contribution >= 4 is 32.8 Å². The standard InChI is InChI=1S/C18H15N3O2S/c19-17-21-15-11-13(8-9-16(15)24-17)7-4-10-20-18(22)23-12-14-5-2-1-3-6-14/h1-3,5-6,8-9,11H,10,12H2,(H2,19,21)(H,20,22). The van der Waals surface area contributed by atoms with Gasteiger partial charge in [0, 0.05) is 5.56 Å². The van der Waals surface area contributed by atoms with Crippen LogP contribution >= 0.6 is 11.3 Å². The third-order valence-corrected chi connectivity index (χ3v) is 4.04. The monoisotopic (exact) mass is 337 g/mol. The van der Waals surface area contributed by atoms with Gasteiger partial charge >= 0.3 is 6.09 Å². The Morgan fingerprint density at radius 3 is 2.92 bits per heavy atom. The molecule has 120 valence electrons. The Kier molecular flexibility index (Phi) is 4.94. The molecule has 1 aromatic heterocycles. The van der Waals surface area contributed by atoms with E-state index in [1.165, 1.54) is 11.3 Å². The minimum atomic E-state index is -0.490. The zero-order valence-electron chi connectivity index (χ0n) is 12.8. The van der Waals surface area contributed by atoms with Crippen molar-refractivity contribution in [2.24, 2.45) is 0 Å². The quantitative estimate of drug-likeness (QED) is 0.720. The zero-order chi connectivity index (χ0) is 16.8. The fourth-order valence-corrected chi connectivity index (χ4v) is 2.77. The van der Waals surface area contributed by atoms with Crippen molar-refractivity contribution in [3.63, 3.8) is 0 Å². The first-order valence-electron chi connectivity index (χ1n) is 7.30. The number of rotatable bonds is 3. The number of anilines is 1. The van der Waals surface area contributed by atoms with Crippen molar-refractivity contribution in [1.29, 1.82) is 0 Å². The molecule has 24 heavy (non-hydrogen) atoms. The molecule has 0 spiro atoms. The lowest BCUT2D eigenvalue weighted by Crippen LogP contribution is -2.24. The number of ether oxygens (including phenoxy) is 1. The van der Waals surface area contributed by atoms with Crippen LogP contribution in [-0.2, 0) is 11.3 Å². The number of amides is 1. The highest BCUT2D eigenvalue weighted by atomic mass is 32.1. The number of nitrogens with zero attached hydrogens (tertiary/aromatic N) is 1. The summed E-state index contributed by atoms with van der Waals surface area (Å²) < 4.78 is 6.13. The minimum absolute atomic E-state index is 0.213. The molecule has 3 N–H and O–H groups in total. The van der Waals surface area contributed by atoms with Gasteiger partial charge in [-0.3, -0.25) is 0 Å². The maximum absolute atomic E-state index is 11.6. The van der Waals surface area contributed by atoms with Crippen molar-refractivity contribution in [1.82, 2.24) is 10.3 Å². The second-order valence-electron chi connectivity index (χ2n) is 4.95. The molecule has 0 aliphatic rings. The van der Waals surface area contributed by atoms with E-state index in [0.717, 1.165) is 21.3 Å². The van der Waals surface area contributed by atoms with E-state index in [1.54, 1.807) is 0 Å². The molecule has 6 heteroatoms. The van der Waals surface area contributed by atoms with Gasteiger partial charge in [0.15, 0.2) is 5.13 Å². The van der Waals surface area contributed by atoms with Gasteiger partial charge in [-0.2, -0.15) is 0 Å². The summed E-state index contributed by atoms with van der Waals surface area (Å²) in [6, 6.07) is 15.2. The number of thiazole rings is 1. The Morgan fingerprint density at radius 2 is 2.08 bits per heavy atom. The second-order valence-corrected chi connectivity index (χ2v) is 6.01. The van der Waals surface area contributed by atoms with Crippen LogP contribution in [0.3, 0.4) is 0 Å². The van der Waals surface area contributed by atoms with E-state index in [4.69, 9.17) is 10.5 Å². The van der Waals surface area contributed by atoms with Crippen molar-refractivity contribution in [3.05, 3.63) is 59.7 Å². The molecule has 0 unspecified atom stereocenters. The fourth-order valence-electron chi connectivity index (χ4n) is 2.06. The first-order valence-corrected chi connectivity index (χ1v) is 8.12. The van der Waals surface area contributed by atoms with E-state index in [-0.39, 0.29) is 13.2 Å². The molecule has 1 heterocycles. The van der Waals surface area contributed by atoms with Gasteiger partial charge in [-0.1, -0.05) is 53.5 Å². The van der Waals surface area contributed by atoms with Gasteiger partial charge in [-0.25, -0.2) is 9.78 Å². The summed E-state index contributed by atoms with van der Waals surface area (Å²) in [6.07, 6.45) is -0.490. The average Bonchev–Trinajstić information content (AvgIpc) is 2.97. The zero-order valence-corrected chi connectivity index (χ0v) is 13.6. The van der Waals surface area contributed by atoms with Gasteiger partial charge in [0.1, 0.15) is 6.61 Å². The van der Waals surface area contributed by atoms with E-state index in [2.05, 4.69) is 22.1 Å². The fraction of sp³-hybridized carbons (Fsp3) is 0.111. The molecule has 3 aromatic rings. The van der Waals surface area contributed by atoms with Gasteiger partial charge in [0.2, 0.25) is 0 Å². The summed E-state index contributed by atoms with van der Waals surface area (Å²) in [7, 11) is 0. The van der Waals surface area contributed by atoms with Gasteiger partial charge in [-0.15, -0.1) is 0 Å². The minimum Gasteiger partial charge on any atom is -0.445 e. The molecule has 0 bridgehead atoms. The number of alkyl carbamates (subject to hydrolysis) is 1. The van der Waals surface area contributed by atoms with Gasteiger partial charge in [0.05, 0.1) is 16.8 Å². The Morgan fingerprint density at radius 1 is 1.25 bits per heavy atom. The smallest absolute Gasteiger partial charge is 0.408 e. The molecule has 0 radical (unpaired) electrons. The molecule has 3 rings (SSSR count). The number of nitrogen functional groups attached to an aromatic ring is 1. The van der Waals surface area contributed by atoms with Crippen LogP contribution in [0.25, 0.3) is 10.2 Å². The van der Waals surface area contributed by atoms with Crippen LogP contribution in [0.15, 0.2) is 48.5 Å². The van der Waals surface area contributed by atoms with Crippen LogP contribution in [0, 0.1) is 11.8 Å². The Labute approximate surface area is 143 Å². The highest BCUT2D eigenvalue weighted by Crippen LogP contribution is 2.23. The third-order valence-electron chi connectivity index (χ3n) is 3.17. The second kappa shape index (κ2) is 7.49. The maximum atomic E-state index is 11.6. The van der Waals surface area contributed by atoms with E-state index in [0.29, 0.717) is 5.13 Å². The lowest BCUT2D eigenvalue weighted by molar-refractivity contribution is 0.141. The Bertz CT molecular complexity index is 910. The molecule has 2 aromatic carbocycles. The van der Waals surface area contributed by atoms with E-state index < -0.39 is 6.09 Å². The first kappa shape index (κ1) is 15.8. The summed E-state index contributed by atoms with van der Waals surface area (Å²) in [5.41, 5.74) is 8.27. The Balaban J connectivity index is 1.48. The number of carbonyl (C=O) groups is 1. The number of benzene rings is 2. The van der Waals surface area contributed by atoms with Crippen molar-refractivity contribution in [2.45, 2.75) is 6.61 Å². The summed E-state index contributed by atoms with van der Waals surface area (Å²) in [5.74, 6) is 5.86. The lowest BCUT2D eigenvalue weighted by atomic mass is 10.2. The molecule has 0 saturated carbocycles. The largest absolute Gasteiger partial charge is 0.445 e. The number of nitrogens with two attached hydrogens (primary N) is 1. The van der Waals surface area contributed by atoms with E-state index in [9.17, 15) is 4.79 Å². The summed E-state index contributed by atoms with van der Waals surface area (Å²) in [5, 5.41) is 3.14. The highest BCUT2D eigenvalue weighted by molar-refractivity contribution is 7.22. The van der Waals surface area contributed by atoms with Crippen LogP contribution in [0.4, 0.5) is 9.93 Å². The van der Waals surface area contributed by atoms with E-state index >= 15 is 0 Å². The number of fused-ring (bicyclic) bond motifs is 1. The van der Waals surface area contributed by atoms with Crippen LogP contribution in [0.2, 0.25) is 0 Å². The van der Waals surface area contributed by atoms with Crippen molar-refractivity contribution in [3.8, 4) is 11.8 Å². The number of nitrogens with one attached hydrogen (secondary N) is 1. The van der Waals surface area contributed by atoms with Crippen molar-refractivity contribution < 1.29 is 9.53 Å². The van der Waals surface area contributed by atoms with Gasteiger partial charge in [-0.05, 0) is 23.8 Å².